The number of aromatic nitrogens is 2. The molecule has 0 aliphatic carbocycles. The molecule has 1 fully saturated rings. The van der Waals surface area contributed by atoms with Crippen LogP contribution < -0.4 is 11.1 Å². The zero-order valence-corrected chi connectivity index (χ0v) is 12.3. The normalized spacial score (nSPS) is 18.8. The van der Waals surface area contributed by atoms with Gasteiger partial charge in [0, 0.05) is 31.7 Å². The molecule has 3 N–H and O–H groups in total. The van der Waals surface area contributed by atoms with Gasteiger partial charge < -0.3 is 11.1 Å². The Labute approximate surface area is 125 Å². The molecule has 21 heavy (non-hydrogen) atoms. The monoisotopic (exact) mass is 283 g/mol. The number of anilines is 2. The summed E-state index contributed by atoms with van der Waals surface area (Å²) in [6.07, 6.45) is 1.12. The first kappa shape index (κ1) is 13.8. The minimum absolute atomic E-state index is 0.419. The van der Waals surface area contributed by atoms with Gasteiger partial charge in [-0.3, -0.25) is 4.90 Å². The molecule has 1 atom stereocenters. The second kappa shape index (κ2) is 6.10. The van der Waals surface area contributed by atoms with Gasteiger partial charge in [-0.15, -0.1) is 0 Å². The van der Waals surface area contributed by atoms with Gasteiger partial charge in [0.25, 0.3) is 0 Å². The van der Waals surface area contributed by atoms with Gasteiger partial charge in [-0.2, -0.15) is 0 Å². The van der Waals surface area contributed by atoms with Crippen LogP contribution in [0.4, 0.5) is 11.6 Å². The predicted molar refractivity (Wildman–Crippen MR) is 84.9 cm³/mol. The second-order valence-corrected chi connectivity index (χ2v) is 5.58. The molecule has 1 aromatic heterocycles. The van der Waals surface area contributed by atoms with Crippen molar-refractivity contribution in [3.63, 3.8) is 0 Å². The van der Waals surface area contributed by atoms with Crippen LogP contribution in [0.15, 0.2) is 36.4 Å². The molecule has 2 heterocycles. The molecule has 0 radical (unpaired) electrons. The second-order valence-electron chi connectivity index (χ2n) is 5.58. The highest BCUT2D eigenvalue weighted by molar-refractivity contribution is 5.45. The van der Waals surface area contributed by atoms with Crippen molar-refractivity contribution in [1.29, 1.82) is 0 Å². The van der Waals surface area contributed by atoms with Crippen molar-refractivity contribution >= 4 is 11.6 Å². The summed E-state index contributed by atoms with van der Waals surface area (Å²) < 4.78 is 0. The molecule has 0 bridgehead atoms. The predicted octanol–water partition coefficient (Wildman–Crippen LogP) is 2.05. The minimum Gasteiger partial charge on any atom is -0.384 e. The smallest absolute Gasteiger partial charge is 0.132 e. The molecule has 1 unspecified atom stereocenters. The standard InChI is InChI=1S/C16H21N5/c1-12-18-15(17)9-16(19-12)20-14-7-8-21(11-14)10-13-5-3-2-4-6-13/h2-6,9,14H,7-8,10-11H2,1H3,(H3,17,18,19,20). The maximum atomic E-state index is 5.76. The highest BCUT2D eigenvalue weighted by Crippen LogP contribution is 2.17. The summed E-state index contributed by atoms with van der Waals surface area (Å²) >= 11 is 0. The Bertz CT molecular complexity index is 579. The van der Waals surface area contributed by atoms with Crippen molar-refractivity contribution in [2.24, 2.45) is 0 Å². The van der Waals surface area contributed by atoms with Gasteiger partial charge in [-0.05, 0) is 18.9 Å². The van der Waals surface area contributed by atoms with Gasteiger partial charge in [0.15, 0.2) is 0 Å². The third-order valence-corrected chi connectivity index (χ3v) is 3.73. The summed E-state index contributed by atoms with van der Waals surface area (Å²) in [7, 11) is 0. The van der Waals surface area contributed by atoms with Crippen LogP contribution in [0, 0.1) is 6.92 Å². The summed E-state index contributed by atoms with van der Waals surface area (Å²) in [4.78, 5) is 10.9. The quantitative estimate of drug-likeness (QED) is 0.899. The molecule has 0 spiro atoms. The van der Waals surface area contributed by atoms with Crippen LogP contribution in [0.1, 0.15) is 17.8 Å². The lowest BCUT2D eigenvalue weighted by Gasteiger charge is -2.17. The number of hydrogen-bond acceptors (Lipinski definition) is 5. The lowest BCUT2D eigenvalue weighted by atomic mass is 10.2. The highest BCUT2D eigenvalue weighted by Gasteiger charge is 2.22. The number of aryl methyl sites for hydroxylation is 1. The largest absolute Gasteiger partial charge is 0.384 e. The Kier molecular flexibility index (Phi) is 4.01. The van der Waals surface area contributed by atoms with E-state index in [-0.39, 0.29) is 0 Å². The number of nitrogens with one attached hydrogen (secondary N) is 1. The molecule has 0 amide bonds. The van der Waals surface area contributed by atoms with E-state index in [0.29, 0.717) is 17.7 Å². The number of nitrogens with two attached hydrogens (primary N) is 1. The number of nitrogen functional groups attached to an aromatic ring is 1. The van der Waals surface area contributed by atoms with E-state index in [1.807, 2.05) is 6.92 Å². The van der Waals surface area contributed by atoms with E-state index in [0.717, 1.165) is 31.9 Å². The summed E-state index contributed by atoms with van der Waals surface area (Å²) in [5.74, 6) is 2.05. The minimum atomic E-state index is 0.419. The maximum Gasteiger partial charge on any atom is 0.132 e. The number of nitrogens with zero attached hydrogens (tertiary/aromatic N) is 3. The molecule has 1 aliphatic heterocycles. The van der Waals surface area contributed by atoms with E-state index < -0.39 is 0 Å². The van der Waals surface area contributed by atoms with Crippen molar-refractivity contribution < 1.29 is 0 Å². The van der Waals surface area contributed by atoms with E-state index in [9.17, 15) is 0 Å². The number of rotatable bonds is 4. The molecule has 110 valence electrons. The van der Waals surface area contributed by atoms with Gasteiger partial charge in [0.05, 0.1) is 0 Å². The first-order valence-electron chi connectivity index (χ1n) is 7.33. The molecule has 1 aromatic carbocycles. The van der Waals surface area contributed by atoms with Crippen LogP contribution in [-0.2, 0) is 6.54 Å². The fourth-order valence-corrected chi connectivity index (χ4v) is 2.81. The zero-order valence-electron chi connectivity index (χ0n) is 12.3. The van der Waals surface area contributed by atoms with Crippen molar-refractivity contribution in [2.75, 3.05) is 24.1 Å². The van der Waals surface area contributed by atoms with Crippen molar-refractivity contribution in [3.05, 3.63) is 47.8 Å². The van der Waals surface area contributed by atoms with E-state index in [1.165, 1.54) is 5.56 Å². The van der Waals surface area contributed by atoms with Gasteiger partial charge in [-0.1, -0.05) is 30.3 Å². The van der Waals surface area contributed by atoms with Crippen LogP contribution in [0.5, 0.6) is 0 Å². The topological polar surface area (TPSA) is 67.1 Å². The SMILES string of the molecule is Cc1nc(N)cc(NC2CCN(Cc3ccccc3)C2)n1. The first-order chi connectivity index (χ1) is 10.2. The Morgan fingerprint density at radius 2 is 2.10 bits per heavy atom. The highest BCUT2D eigenvalue weighted by atomic mass is 15.2. The average molecular weight is 283 g/mol. The van der Waals surface area contributed by atoms with Crippen LogP contribution in [0.3, 0.4) is 0 Å². The molecule has 2 aromatic rings. The van der Waals surface area contributed by atoms with Gasteiger partial charge in [0.1, 0.15) is 17.5 Å². The molecule has 5 heteroatoms. The molecule has 3 rings (SSSR count). The molecule has 1 saturated heterocycles. The van der Waals surface area contributed by atoms with Crippen molar-refractivity contribution in [3.8, 4) is 0 Å². The van der Waals surface area contributed by atoms with Gasteiger partial charge >= 0.3 is 0 Å². The molecular formula is C16H21N5. The average Bonchev–Trinajstić information content (AvgIpc) is 2.86. The van der Waals surface area contributed by atoms with Crippen LogP contribution in [0.2, 0.25) is 0 Å². The van der Waals surface area contributed by atoms with Crippen LogP contribution in [0.25, 0.3) is 0 Å². The first-order valence-corrected chi connectivity index (χ1v) is 7.33. The number of benzene rings is 1. The van der Waals surface area contributed by atoms with E-state index in [1.54, 1.807) is 6.07 Å². The third kappa shape index (κ3) is 3.70. The third-order valence-electron chi connectivity index (χ3n) is 3.73. The van der Waals surface area contributed by atoms with E-state index in [4.69, 9.17) is 5.73 Å². The molecule has 0 saturated carbocycles. The Morgan fingerprint density at radius 3 is 2.86 bits per heavy atom. The van der Waals surface area contributed by atoms with E-state index >= 15 is 0 Å². The summed E-state index contributed by atoms with van der Waals surface area (Å²) in [6, 6.07) is 12.8. The van der Waals surface area contributed by atoms with Crippen molar-refractivity contribution in [2.45, 2.75) is 25.9 Å². The van der Waals surface area contributed by atoms with Crippen molar-refractivity contribution in [1.82, 2.24) is 14.9 Å². The Morgan fingerprint density at radius 1 is 1.29 bits per heavy atom. The Balaban J connectivity index is 1.57. The lowest BCUT2D eigenvalue weighted by molar-refractivity contribution is 0.328. The fraction of sp³-hybridized carbons (Fsp3) is 0.375. The van der Waals surface area contributed by atoms with E-state index in [2.05, 4.69) is 50.5 Å². The number of hydrogen-bond donors (Lipinski definition) is 2. The molecular weight excluding hydrogens is 262 g/mol. The van der Waals surface area contributed by atoms with Gasteiger partial charge in [0.2, 0.25) is 0 Å². The molecule has 5 nitrogen and oxygen atoms in total. The molecule has 1 aliphatic rings. The van der Waals surface area contributed by atoms with Crippen LogP contribution >= 0.6 is 0 Å². The summed E-state index contributed by atoms with van der Waals surface area (Å²) in [6.45, 7) is 4.99. The zero-order chi connectivity index (χ0) is 14.7. The van der Waals surface area contributed by atoms with Crippen LogP contribution in [-0.4, -0.2) is 34.0 Å². The fourth-order valence-electron chi connectivity index (χ4n) is 2.81. The summed E-state index contributed by atoms with van der Waals surface area (Å²) in [5, 5.41) is 3.47. The lowest BCUT2D eigenvalue weighted by Crippen LogP contribution is -2.26. The number of likely N-dealkylation sites (tertiary alicyclic amines) is 1. The van der Waals surface area contributed by atoms with Gasteiger partial charge in [-0.25, -0.2) is 9.97 Å². The summed E-state index contributed by atoms with van der Waals surface area (Å²) in [5.41, 5.74) is 7.12. The maximum absolute atomic E-state index is 5.76. The Hall–Kier alpha value is -2.14.